The zero-order valence-electron chi connectivity index (χ0n) is 11.3. The minimum absolute atomic E-state index is 0.117. The summed E-state index contributed by atoms with van der Waals surface area (Å²) in [6, 6.07) is 0. The van der Waals surface area contributed by atoms with Crippen molar-refractivity contribution in [2.24, 2.45) is 5.92 Å². The highest BCUT2D eigenvalue weighted by Gasteiger charge is 2.46. The summed E-state index contributed by atoms with van der Waals surface area (Å²) in [6.07, 6.45) is 0.594. The Hall–Kier alpha value is 0.0500. The number of hydrogen-bond acceptors (Lipinski definition) is 5. The Morgan fingerprint density at radius 1 is 1.21 bits per heavy atom. The van der Waals surface area contributed by atoms with Gasteiger partial charge in [-0.2, -0.15) is 0 Å². The summed E-state index contributed by atoms with van der Waals surface area (Å²) < 4.78 is 62.2. The Morgan fingerprint density at radius 3 is 2.26 bits per heavy atom. The molecule has 10 heteroatoms. The highest BCUT2D eigenvalue weighted by molar-refractivity contribution is 7.90. The Kier molecular flexibility index (Phi) is 5.23. The van der Waals surface area contributed by atoms with Crippen molar-refractivity contribution in [3.05, 3.63) is 0 Å². The number of sulfonamides is 2. The maximum Gasteiger partial charge on any atom is 0.214 e. The van der Waals surface area contributed by atoms with Gasteiger partial charge in [-0.3, -0.25) is 0 Å². The van der Waals surface area contributed by atoms with Crippen LogP contribution in [0.4, 0.5) is 0 Å². The minimum atomic E-state index is -3.48. The topological polar surface area (TPSA) is 109 Å². The molecule has 0 radical (unpaired) electrons. The molecule has 0 bridgehead atoms. The first-order valence-electron chi connectivity index (χ1n) is 5.90. The van der Waals surface area contributed by atoms with Gasteiger partial charge in [0.15, 0.2) is 0 Å². The van der Waals surface area contributed by atoms with E-state index in [-0.39, 0.29) is 24.4 Å². The van der Waals surface area contributed by atoms with Crippen molar-refractivity contribution in [2.45, 2.75) is 11.7 Å². The lowest BCUT2D eigenvalue weighted by Gasteiger charge is -2.09. The van der Waals surface area contributed by atoms with Crippen LogP contribution in [0.25, 0.3) is 0 Å². The van der Waals surface area contributed by atoms with Crippen molar-refractivity contribution < 1.29 is 21.4 Å². The highest BCUT2D eigenvalue weighted by atomic mass is 32.2. The first kappa shape index (κ1) is 17.1. The van der Waals surface area contributed by atoms with Gasteiger partial charge in [0.05, 0.1) is 18.1 Å². The van der Waals surface area contributed by atoms with E-state index < -0.39 is 32.4 Å². The molecular formula is C9H21N2O5PS2. The van der Waals surface area contributed by atoms with Crippen LogP contribution in [0.3, 0.4) is 0 Å². The van der Waals surface area contributed by atoms with Crippen LogP contribution in [0.5, 0.6) is 0 Å². The summed E-state index contributed by atoms with van der Waals surface area (Å²) >= 11 is 0. The summed E-state index contributed by atoms with van der Waals surface area (Å²) in [6.45, 7) is 3.20. The summed E-state index contributed by atoms with van der Waals surface area (Å²) in [5.41, 5.74) is 0. The Balaban J connectivity index is 2.41. The van der Waals surface area contributed by atoms with Crippen LogP contribution in [0, 0.1) is 5.92 Å². The third-order valence-corrected chi connectivity index (χ3v) is 7.90. The zero-order chi connectivity index (χ0) is 14.9. The van der Waals surface area contributed by atoms with E-state index in [2.05, 4.69) is 9.44 Å². The molecule has 1 aliphatic carbocycles. The van der Waals surface area contributed by atoms with Crippen LogP contribution in [0.2, 0.25) is 0 Å². The van der Waals surface area contributed by atoms with Crippen molar-refractivity contribution in [3.8, 4) is 0 Å². The fourth-order valence-electron chi connectivity index (χ4n) is 1.61. The summed E-state index contributed by atoms with van der Waals surface area (Å²) in [5.74, 6) is -0.366. The van der Waals surface area contributed by atoms with Crippen LogP contribution in [0.1, 0.15) is 6.42 Å². The zero-order valence-corrected chi connectivity index (χ0v) is 13.8. The molecule has 0 heterocycles. The van der Waals surface area contributed by atoms with Gasteiger partial charge < -0.3 is 4.57 Å². The van der Waals surface area contributed by atoms with E-state index in [0.29, 0.717) is 6.42 Å². The molecule has 0 saturated heterocycles. The molecule has 0 aromatic rings. The quantitative estimate of drug-likeness (QED) is 0.581. The van der Waals surface area contributed by atoms with E-state index in [4.69, 9.17) is 0 Å². The maximum absolute atomic E-state index is 11.6. The summed E-state index contributed by atoms with van der Waals surface area (Å²) in [4.78, 5) is 0. The first-order chi connectivity index (χ1) is 8.47. The molecule has 1 fully saturated rings. The maximum atomic E-state index is 11.6. The second-order valence-electron chi connectivity index (χ2n) is 5.25. The van der Waals surface area contributed by atoms with E-state index in [0.717, 1.165) is 0 Å². The second-order valence-corrected chi connectivity index (χ2v) is 12.9. The average Bonchev–Trinajstić information content (AvgIpc) is 3.03. The van der Waals surface area contributed by atoms with Crippen molar-refractivity contribution >= 4 is 27.2 Å². The van der Waals surface area contributed by atoms with Crippen molar-refractivity contribution in [2.75, 3.05) is 38.8 Å². The predicted octanol–water partition coefficient (Wildman–Crippen LogP) is -0.534. The van der Waals surface area contributed by atoms with Crippen LogP contribution in [-0.2, 0) is 24.6 Å². The molecule has 0 aliphatic heterocycles. The fraction of sp³-hybridized carbons (Fsp3) is 1.00. The molecule has 2 N–H and O–H groups in total. The van der Waals surface area contributed by atoms with Gasteiger partial charge >= 0.3 is 0 Å². The Morgan fingerprint density at radius 2 is 1.79 bits per heavy atom. The smallest absolute Gasteiger partial charge is 0.214 e. The van der Waals surface area contributed by atoms with Crippen molar-refractivity contribution in [1.82, 2.24) is 9.44 Å². The Labute approximate surface area is 115 Å². The van der Waals surface area contributed by atoms with Gasteiger partial charge in [-0.25, -0.2) is 26.3 Å². The van der Waals surface area contributed by atoms with E-state index in [9.17, 15) is 21.4 Å². The molecule has 114 valence electrons. The van der Waals surface area contributed by atoms with Crippen LogP contribution in [0.15, 0.2) is 0 Å². The van der Waals surface area contributed by atoms with Gasteiger partial charge in [0.1, 0.15) is 0 Å². The molecule has 0 aromatic carbocycles. The largest absolute Gasteiger partial charge is 0.324 e. The van der Waals surface area contributed by atoms with Crippen molar-refractivity contribution in [1.29, 1.82) is 0 Å². The number of hydrogen-bond donors (Lipinski definition) is 2. The van der Waals surface area contributed by atoms with Gasteiger partial charge in [-0.15, -0.1) is 0 Å². The molecule has 1 aliphatic rings. The van der Waals surface area contributed by atoms with Gasteiger partial charge in [0, 0.05) is 12.7 Å². The van der Waals surface area contributed by atoms with Gasteiger partial charge in [-0.05, 0) is 32.7 Å². The van der Waals surface area contributed by atoms with Crippen LogP contribution >= 0.6 is 7.14 Å². The molecule has 0 spiro atoms. The second kappa shape index (κ2) is 5.81. The van der Waals surface area contributed by atoms with E-state index >= 15 is 0 Å². The van der Waals surface area contributed by atoms with E-state index in [1.807, 2.05) is 0 Å². The molecule has 1 saturated carbocycles. The molecule has 0 aromatic heterocycles. The SMILES string of the molecule is CNS(=O)(=O)C1CC1CNS(=O)(=O)CCP(C)(C)=O. The first-order valence-corrected chi connectivity index (χ1v) is 11.9. The lowest BCUT2D eigenvalue weighted by molar-refractivity contribution is 0.569. The number of rotatable bonds is 8. The summed E-state index contributed by atoms with van der Waals surface area (Å²) in [5, 5.41) is -0.511. The minimum Gasteiger partial charge on any atom is -0.324 e. The van der Waals surface area contributed by atoms with Gasteiger partial charge in [-0.1, -0.05) is 0 Å². The molecule has 1 rings (SSSR count). The Bertz CT molecular complexity index is 565. The molecule has 2 atom stereocenters. The van der Waals surface area contributed by atoms with E-state index in [1.54, 1.807) is 13.3 Å². The fourth-order valence-corrected chi connectivity index (χ4v) is 6.35. The molecule has 7 nitrogen and oxygen atoms in total. The monoisotopic (exact) mass is 332 g/mol. The average molecular weight is 332 g/mol. The molecule has 2 unspecified atom stereocenters. The highest BCUT2D eigenvalue weighted by Crippen LogP contribution is 2.37. The standard InChI is InChI=1S/C9H21N2O5PS2/c1-10-19(15,16)9-6-8(9)7-11-18(13,14)5-4-17(2,3)12/h8-11H,4-7H2,1-3H3. The van der Waals surface area contributed by atoms with Gasteiger partial charge in [0.2, 0.25) is 20.0 Å². The van der Waals surface area contributed by atoms with Crippen LogP contribution in [-0.4, -0.2) is 60.9 Å². The molecule has 19 heavy (non-hydrogen) atoms. The van der Waals surface area contributed by atoms with Crippen LogP contribution < -0.4 is 9.44 Å². The third kappa shape index (κ3) is 5.91. The molecular weight excluding hydrogens is 311 g/mol. The number of nitrogens with one attached hydrogen (secondary N) is 2. The van der Waals surface area contributed by atoms with Crippen molar-refractivity contribution in [3.63, 3.8) is 0 Å². The third-order valence-electron chi connectivity index (χ3n) is 3.00. The lowest BCUT2D eigenvalue weighted by Crippen LogP contribution is -2.32. The summed E-state index contributed by atoms with van der Waals surface area (Å²) in [7, 11) is -7.81. The van der Waals surface area contributed by atoms with E-state index in [1.165, 1.54) is 7.05 Å². The normalized spacial score (nSPS) is 24.4. The molecule has 0 amide bonds. The predicted molar refractivity (Wildman–Crippen MR) is 76.0 cm³/mol. The van der Waals surface area contributed by atoms with Gasteiger partial charge in [0.25, 0.3) is 0 Å². The lowest BCUT2D eigenvalue weighted by atomic mass is 10.4.